The molecule has 0 amide bonds. The van der Waals surface area contributed by atoms with E-state index in [9.17, 15) is 22.0 Å². The van der Waals surface area contributed by atoms with Crippen LogP contribution < -0.4 is 5.32 Å². The van der Waals surface area contributed by atoms with Gasteiger partial charge < -0.3 is 5.32 Å². The second kappa shape index (κ2) is 7.20. The number of benzene rings is 1. The molecule has 0 bridgehead atoms. The molecule has 120 valence electrons. The highest BCUT2D eigenvalue weighted by molar-refractivity contribution is 5.27. The Kier molecular flexibility index (Phi) is 6.13. The molecule has 1 aliphatic heterocycles. The van der Waals surface area contributed by atoms with Crippen molar-refractivity contribution in [2.24, 2.45) is 0 Å². The molecule has 1 heterocycles. The van der Waals surface area contributed by atoms with Crippen molar-refractivity contribution in [3.8, 4) is 0 Å². The first-order valence-corrected chi connectivity index (χ1v) is 7.05. The Morgan fingerprint density at radius 2 is 1.71 bits per heavy atom. The van der Waals surface area contributed by atoms with Gasteiger partial charge >= 0.3 is 6.18 Å². The maximum atomic E-state index is 14.3. The number of hydrogen-bond acceptors (Lipinski definition) is 1. The molecular formula is C15H20F5N. The van der Waals surface area contributed by atoms with E-state index in [1.54, 1.807) is 0 Å². The van der Waals surface area contributed by atoms with Crippen molar-refractivity contribution >= 4 is 0 Å². The third-order valence-electron chi connectivity index (χ3n) is 3.39. The molecule has 1 aromatic carbocycles. The molecule has 21 heavy (non-hydrogen) atoms. The van der Waals surface area contributed by atoms with Crippen LogP contribution in [0.3, 0.4) is 0 Å². The van der Waals surface area contributed by atoms with Crippen molar-refractivity contribution in [1.82, 2.24) is 5.32 Å². The van der Waals surface area contributed by atoms with Crippen molar-refractivity contribution in [2.45, 2.75) is 45.0 Å². The van der Waals surface area contributed by atoms with Crippen LogP contribution in [0.2, 0.25) is 0 Å². The van der Waals surface area contributed by atoms with Gasteiger partial charge in [0.1, 0.15) is 11.5 Å². The number of alkyl halides is 4. The van der Waals surface area contributed by atoms with Gasteiger partial charge in [-0.2, -0.15) is 13.2 Å². The van der Waals surface area contributed by atoms with E-state index in [2.05, 4.69) is 5.32 Å². The maximum Gasteiger partial charge on any atom is 0.416 e. The smallest absolute Gasteiger partial charge is 0.316 e. The molecule has 0 atom stereocenters. The molecular weight excluding hydrogens is 289 g/mol. The first-order valence-electron chi connectivity index (χ1n) is 7.05. The van der Waals surface area contributed by atoms with E-state index in [0.29, 0.717) is 19.2 Å². The van der Waals surface area contributed by atoms with Gasteiger partial charge in [0.15, 0.2) is 0 Å². The number of halogens is 5. The van der Waals surface area contributed by atoms with E-state index in [1.165, 1.54) is 0 Å². The zero-order chi connectivity index (χ0) is 16.1. The summed E-state index contributed by atoms with van der Waals surface area (Å²) in [6.07, 6.45) is -4.28. The number of rotatable bonds is 2. The van der Waals surface area contributed by atoms with E-state index in [1.807, 2.05) is 13.8 Å². The molecule has 0 unspecified atom stereocenters. The molecule has 1 fully saturated rings. The summed E-state index contributed by atoms with van der Waals surface area (Å²) < 4.78 is 65.1. The van der Waals surface area contributed by atoms with Crippen LogP contribution in [-0.2, 0) is 12.6 Å². The number of piperidine rings is 1. The summed E-state index contributed by atoms with van der Waals surface area (Å²) in [6.45, 7) is 5.00. The van der Waals surface area contributed by atoms with E-state index in [4.69, 9.17) is 0 Å². The second-order valence-electron chi connectivity index (χ2n) is 4.88. The Bertz CT molecular complexity index is 450. The molecule has 2 rings (SSSR count). The summed E-state index contributed by atoms with van der Waals surface area (Å²) in [7, 11) is 0. The standard InChI is InChI=1S/C13H14F5N.C2H6/c14-11-7-10(13(16,17)18)2-1-9(11)8-12(15)3-5-19-6-4-12;1-2/h1-2,7,19H,3-6,8H2;1-2H3. The minimum atomic E-state index is -4.58. The van der Waals surface area contributed by atoms with Crippen LogP contribution in [0.25, 0.3) is 0 Å². The molecule has 0 aliphatic carbocycles. The predicted molar refractivity (Wildman–Crippen MR) is 72.4 cm³/mol. The van der Waals surface area contributed by atoms with Crippen LogP contribution in [0, 0.1) is 5.82 Å². The lowest BCUT2D eigenvalue weighted by Gasteiger charge is -2.30. The van der Waals surface area contributed by atoms with Gasteiger partial charge in [0, 0.05) is 6.42 Å². The Labute approximate surface area is 121 Å². The van der Waals surface area contributed by atoms with Crippen LogP contribution in [-0.4, -0.2) is 18.8 Å². The third kappa shape index (κ3) is 4.95. The Morgan fingerprint density at radius 3 is 2.19 bits per heavy atom. The highest BCUT2D eigenvalue weighted by Gasteiger charge is 2.34. The lowest BCUT2D eigenvalue weighted by molar-refractivity contribution is -0.137. The van der Waals surface area contributed by atoms with Gasteiger partial charge in [0.2, 0.25) is 0 Å². The van der Waals surface area contributed by atoms with Crippen molar-refractivity contribution < 1.29 is 22.0 Å². The van der Waals surface area contributed by atoms with Gasteiger partial charge in [-0.1, -0.05) is 19.9 Å². The first kappa shape index (κ1) is 17.9. The summed E-state index contributed by atoms with van der Waals surface area (Å²) in [5, 5.41) is 2.99. The lowest BCUT2D eigenvalue weighted by atomic mass is 9.87. The summed E-state index contributed by atoms with van der Waals surface area (Å²) in [5.74, 6) is -0.995. The first-order chi connectivity index (χ1) is 9.80. The van der Waals surface area contributed by atoms with Crippen LogP contribution in [0.15, 0.2) is 18.2 Å². The fourth-order valence-corrected chi connectivity index (χ4v) is 2.26. The van der Waals surface area contributed by atoms with Crippen molar-refractivity contribution in [3.05, 3.63) is 35.1 Å². The zero-order valence-electron chi connectivity index (χ0n) is 12.2. The summed E-state index contributed by atoms with van der Waals surface area (Å²) in [4.78, 5) is 0. The number of hydrogen-bond donors (Lipinski definition) is 1. The summed E-state index contributed by atoms with van der Waals surface area (Å²) >= 11 is 0. The summed E-state index contributed by atoms with van der Waals surface area (Å²) in [5.41, 5.74) is -2.59. The predicted octanol–water partition coefficient (Wildman–Crippen LogP) is 4.50. The average molecular weight is 309 g/mol. The molecule has 1 aromatic rings. The van der Waals surface area contributed by atoms with Crippen molar-refractivity contribution in [3.63, 3.8) is 0 Å². The molecule has 0 saturated carbocycles. The van der Waals surface area contributed by atoms with Gasteiger partial charge in [0.25, 0.3) is 0 Å². The SMILES string of the molecule is CC.Fc1cc(C(F)(F)F)ccc1CC1(F)CCNCC1. The fraction of sp³-hybridized carbons (Fsp3) is 0.600. The Balaban J connectivity index is 0.00000106. The van der Waals surface area contributed by atoms with Gasteiger partial charge in [-0.3, -0.25) is 0 Å². The average Bonchev–Trinajstić information content (AvgIpc) is 2.43. The molecule has 6 heteroatoms. The molecule has 1 aliphatic rings. The van der Waals surface area contributed by atoms with Crippen LogP contribution in [0.4, 0.5) is 22.0 Å². The normalized spacial score (nSPS) is 17.9. The summed E-state index contributed by atoms with van der Waals surface area (Å²) in [6, 6.07) is 2.25. The minimum absolute atomic E-state index is 0.00241. The number of nitrogens with one attached hydrogen (secondary N) is 1. The maximum absolute atomic E-state index is 14.3. The van der Waals surface area contributed by atoms with Crippen molar-refractivity contribution in [1.29, 1.82) is 0 Å². The second-order valence-corrected chi connectivity index (χ2v) is 4.88. The zero-order valence-corrected chi connectivity index (χ0v) is 12.2. The van der Waals surface area contributed by atoms with E-state index < -0.39 is 23.2 Å². The molecule has 1 N–H and O–H groups in total. The fourth-order valence-electron chi connectivity index (χ4n) is 2.26. The largest absolute Gasteiger partial charge is 0.416 e. The van der Waals surface area contributed by atoms with E-state index in [-0.39, 0.29) is 24.8 Å². The molecule has 1 nitrogen and oxygen atoms in total. The van der Waals surface area contributed by atoms with Gasteiger partial charge in [-0.15, -0.1) is 0 Å². The monoisotopic (exact) mass is 309 g/mol. The van der Waals surface area contributed by atoms with Gasteiger partial charge in [0.05, 0.1) is 5.56 Å². The van der Waals surface area contributed by atoms with Crippen LogP contribution in [0.5, 0.6) is 0 Å². The highest BCUT2D eigenvalue weighted by atomic mass is 19.4. The van der Waals surface area contributed by atoms with Crippen molar-refractivity contribution in [2.75, 3.05) is 13.1 Å². The van der Waals surface area contributed by atoms with Gasteiger partial charge in [-0.25, -0.2) is 8.78 Å². The molecule has 0 spiro atoms. The van der Waals surface area contributed by atoms with E-state index in [0.717, 1.165) is 12.1 Å². The lowest BCUT2D eigenvalue weighted by Crippen LogP contribution is -2.40. The highest BCUT2D eigenvalue weighted by Crippen LogP contribution is 2.33. The quantitative estimate of drug-likeness (QED) is 0.793. The van der Waals surface area contributed by atoms with Crippen LogP contribution >= 0.6 is 0 Å². The molecule has 0 aromatic heterocycles. The molecule has 1 saturated heterocycles. The van der Waals surface area contributed by atoms with Crippen LogP contribution in [0.1, 0.15) is 37.8 Å². The Hall–Kier alpha value is -1.17. The topological polar surface area (TPSA) is 12.0 Å². The van der Waals surface area contributed by atoms with Gasteiger partial charge in [-0.05, 0) is 43.6 Å². The third-order valence-corrected chi connectivity index (χ3v) is 3.39. The molecule has 0 radical (unpaired) electrons. The minimum Gasteiger partial charge on any atom is -0.316 e. The Morgan fingerprint density at radius 1 is 1.14 bits per heavy atom. The van der Waals surface area contributed by atoms with E-state index >= 15 is 0 Å².